The monoisotopic (exact) mass is 263 g/mol. The molecule has 0 aromatic heterocycles. The van der Waals surface area contributed by atoms with E-state index in [0.29, 0.717) is 6.61 Å². The second-order valence-corrected chi connectivity index (χ2v) is 4.38. The van der Waals surface area contributed by atoms with Gasteiger partial charge in [-0.1, -0.05) is 12.1 Å². The standard InChI is InChI=1S/C14H17NO4/c1-3-19-12(16)8-11-13(15-14(11)17)9-4-6-10(18-2)7-5-9/h4-7,11,13H,3,8H2,1-2H3,(H,15,17)/t11-,13-/m0/s1. The number of carbonyl (C=O) groups is 2. The molecule has 2 atom stereocenters. The van der Waals surface area contributed by atoms with Crippen molar-refractivity contribution in [3.63, 3.8) is 0 Å². The van der Waals surface area contributed by atoms with Crippen molar-refractivity contribution >= 4 is 11.9 Å². The van der Waals surface area contributed by atoms with Crippen LogP contribution in [0.4, 0.5) is 0 Å². The van der Waals surface area contributed by atoms with Crippen LogP contribution in [0.3, 0.4) is 0 Å². The Balaban J connectivity index is 2.03. The zero-order chi connectivity index (χ0) is 13.8. The molecule has 0 bridgehead atoms. The smallest absolute Gasteiger partial charge is 0.306 e. The minimum absolute atomic E-state index is 0.103. The van der Waals surface area contributed by atoms with Crippen molar-refractivity contribution in [3.05, 3.63) is 29.8 Å². The van der Waals surface area contributed by atoms with Crippen molar-refractivity contribution in [3.8, 4) is 5.75 Å². The molecule has 1 heterocycles. The van der Waals surface area contributed by atoms with Gasteiger partial charge in [-0.05, 0) is 24.6 Å². The fourth-order valence-electron chi connectivity index (χ4n) is 2.15. The van der Waals surface area contributed by atoms with Crippen LogP contribution in [0.5, 0.6) is 5.75 Å². The van der Waals surface area contributed by atoms with Gasteiger partial charge in [0.25, 0.3) is 0 Å². The molecular weight excluding hydrogens is 246 g/mol. The first-order valence-corrected chi connectivity index (χ1v) is 6.25. The number of amides is 1. The zero-order valence-corrected chi connectivity index (χ0v) is 11.0. The molecule has 0 aliphatic carbocycles. The molecule has 1 aliphatic heterocycles. The highest BCUT2D eigenvalue weighted by Crippen LogP contribution is 2.33. The van der Waals surface area contributed by atoms with Gasteiger partial charge in [0.15, 0.2) is 0 Å². The Kier molecular flexibility index (Phi) is 4.04. The number of ether oxygens (including phenoxy) is 2. The van der Waals surface area contributed by atoms with Gasteiger partial charge in [0.1, 0.15) is 5.75 Å². The van der Waals surface area contributed by atoms with Crippen LogP contribution in [-0.4, -0.2) is 25.6 Å². The second-order valence-electron chi connectivity index (χ2n) is 4.38. The van der Waals surface area contributed by atoms with Gasteiger partial charge in [-0.3, -0.25) is 9.59 Å². The van der Waals surface area contributed by atoms with Gasteiger partial charge in [0.05, 0.1) is 32.1 Å². The fourth-order valence-corrected chi connectivity index (χ4v) is 2.15. The average molecular weight is 263 g/mol. The summed E-state index contributed by atoms with van der Waals surface area (Å²) in [5, 5.41) is 2.81. The summed E-state index contributed by atoms with van der Waals surface area (Å²) in [4.78, 5) is 23.0. The normalized spacial score (nSPS) is 21.3. The van der Waals surface area contributed by atoms with Crippen LogP contribution in [0, 0.1) is 5.92 Å². The number of hydrogen-bond donors (Lipinski definition) is 1. The molecule has 0 unspecified atom stereocenters. The number of benzene rings is 1. The van der Waals surface area contributed by atoms with Crippen molar-refractivity contribution in [1.29, 1.82) is 0 Å². The maximum absolute atomic E-state index is 11.5. The van der Waals surface area contributed by atoms with Crippen molar-refractivity contribution < 1.29 is 19.1 Å². The van der Waals surface area contributed by atoms with Crippen molar-refractivity contribution in [1.82, 2.24) is 5.32 Å². The van der Waals surface area contributed by atoms with Gasteiger partial charge in [-0.2, -0.15) is 0 Å². The fraction of sp³-hybridized carbons (Fsp3) is 0.429. The molecular formula is C14H17NO4. The Bertz CT molecular complexity index is 469. The van der Waals surface area contributed by atoms with Crippen LogP contribution in [0.25, 0.3) is 0 Å². The summed E-state index contributed by atoms with van der Waals surface area (Å²) < 4.78 is 9.96. The molecule has 1 aromatic carbocycles. The molecule has 1 amide bonds. The van der Waals surface area contributed by atoms with Crippen molar-refractivity contribution in [2.24, 2.45) is 5.92 Å². The SMILES string of the molecule is CCOC(=O)C[C@@H]1C(=O)N[C@H]1c1ccc(OC)cc1. The molecule has 2 rings (SSSR count). The van der Waals surface area contributed by atoms with Crippen LogP contribution in [-0.2, 0) is 14.3 Å². The molecule has 0 spiro atoms. The Morgan fingerprint density at radius 3 is 2.53 bits per heavy atom. The Hall–Kier alpha value is -2.04. The second kappa shape index (κ2) is 5.73. The van der Waals surface area contributed by atoms with Crippen LogP contribution in [0.2, 0.25) is 0 Å². The van der Waals surface area contributed by atoms with E-state index in [9.17, 15) is 9.59 Å². The summed E-state index contributed by atoms with van der Waals surface area (Å²) in [6.07, 6.45) is 0.121. The molecule has 0 radical (unpaired) electrons. The minimum Gasteiger partial charge on any atom is -0.497 e. The number of rotatable bonds is 5. The molecule has 1 aromatic rings. The summed E-state index contributed by atoms with van der Waals surface area (Å²) in [6.45, 7) is 2.08. The highest BCUT2D eigenvalue weighted by atomic mass is 16.5. The van der Waals surface area contributed by atoms with E-state index < -0.39 is 0 Å². The summed E-state index contributed by atoms with van der Waals surface area (Å²) >= 11 is 0. The van der Waals surface area contributed by atoms with Crippen LogP contribution < -0.4 is 10.1 Å². The third kappa shape index (κ3) is 2.86. The van der Waals surface area contributed by atoms with E-state index in [-0.39, 0.29) is 30.3 Å². The summed E-state index contributed by atoms with van der Waals surface area (Å²) in [5.41, 5.74) is 0.967. The average Bonchev–Trinajstić information content (AvgIpc) is 2.43. The van der Waals surface area contributed by atoms with E-state index in [2.05, 4.69) is 5.32 Å². The molecule has 1 N–H and O–H groups in total. The third-order valence-corrected chi connectivity index (χ3v) is 3.20. The van der Waals surface area contributed by atoms with Crippen LogP contribution in [0.15, 0.2) is 24.3 Å². The number of esters is 1. The molecule has 5 heteroatoms. The number of hydrogen-bond acceptors (Lipinski definition) is 4. The van der Waals surface area contributed by atoms with E-state index in [1.807, 2.05) is 24.3 Å². The quantitative estimate of drug-likeness (QED) is 0.645. The lowest BCUT2D eigenvalue weighted by Gasteiger charge is -2.36. The highest BCUT2D eigenvalue weighted by molar-refractivity contribution is 5.90. The van der Waals surface area contributed by atoms with Gasteiger partial charge in [-0.15, -0.1) is 0 Å². The predicted molar refractivity (Wildman–Crippen MR) is 68.6 cm³/mol. The van der Waals surface area contributed by atoms with E-state index in [0.717, 1.165) is 11.3 Å². The number of carbonyl (C=O) groups excluding carboxylic acids is 2. The van der Waals surface area contributed by atoms with Gasteiger partial charge in [-0.25, -0.2) is 0 Å². The lowest BCUT2D eigenvalue weighted by Crippen LogP contribution is -2.52. The van der Waals surface area contributed by atoms with Gasteiger partial charge < -0.3 is 14.8 Å². The largest absolute Gasteiger partial charge is 0.497 e. The van der Waals surface area contributed by atoms with Crippen molar-refractivity contribution in [2.45, 2.75) is 19.4 Å². The molecule has 5 nitrogen and oxygen atoms in total. The van der Waals surface area contributed by atoms with Crippen LogP contribution >= 0.6 is 0 Å². The molecule has 1 fully saturated rings. The van der Waals surface area contributed by atoms with E-state index in [4.69, 9.17) is 9.47 Å². The molecule has 1 aliphatic rings. The molecule has 19 heavy (non-hydrogen) atoms. The molecule has 102 valence electrons. The van der Waals surface area contributed by atoms with E-state index >= 15 is 0 Å². The summed E-state index contributed by atoms with van der Waals surface area (Å²) in [5.74, 6) is -0.0153. The van der Waals surface area contributed by atoms with E-state index in [1.54, 1.807) is 14.0 Å². The Morgan fingerprint density at radius 1 is 1.32 bits per heavy atom. The number of methoxy groups -OCH3 is 1. The Morgan fingerprint density at radius 2 is 2.00 bits per heavy atom. The first-order valence-electron chi connectivity index (χ1n) is 6.25. The van der Waals surface area contributed by atoms with Gasteiger partial charge in [0.2, 0.25) is 5.91 Å². The first-order chi connectivity index (χ1) is 9.15. The topological polar surface area (TPSA) is 64.6 Å². The highest BCUT2D eigenvalue weighted by Gasteiger charge is 2.41. The minimum atomic E-state index is -0.340. The first kappa shape index (κ1) is 13.4. The lowest BCUT2D eigenvalue weighted by atomic mass is 9.83. The van der Waals surface area contributed by atoms with Crippen LogP contribution in [0.1, 0.15) is 24.9 Å². The molecule has 0 saturated carbocycles. The maximum Gasteiger partial charge on any atom is 0.306 e. The third-order valence-electron chi connectivity index (χ3n) is 3.20. The van der Waals surface area contributed by atoms with E-state index in [1.165, 1.54) is 0 Å². The lowest BCUT2D eigenvalue weighted by molar-refractivity contribution is -0.150. The summed E-state index contributed by atoms with van der Waals surface area (Å²) in [6, 6.07) is 7.33. The molecule has 1 saturated heterocycles. The maximum atomic E-state index is 11.5. The number of nitrogens with one attached hydrogen (secondary N) is 1. The Labute approximate surface area is 111 Å². The van der Waals surface area contributed by atoms with Crippen molar-refractivity contribution in [2.75, 3.05) is 13.7 Å². The summed E-state index contributed by atoms with van der Waals surface area (Å²) in [7, 11) is 1.60. The number of β-lactam (4-membered cyclic amide) rings is 1. The zero-order valence-electron chi connectivity index (χ0n) is 11.0. The van der Waals surface area contributed by atoms with Gasteiger partial charge >= 0.3 is 5.97 Å². The predicted octanol–water partition coefficient (Wildman–Crippen LogP) is 1.44. The van der Waals surface area contributed by atoms with Gasteiger partial charge in [0, 0.05) is 0 Å².